The van der Waals surface area contributed by atoms with Crippen molar-refractivity contribution < 1.29 is 0 Å². The number of aromatic nitrogens is 2. The number of fused-ring (bicyclic) bond motifs is 6. The molecule has 0 amide bonds. The fraction of sp³-hybridized carbons (Fsp3) is 0. The van der Waals surface area contributed by atoms with Crippen LogP contribution in [0, 0.1) is 0 Å². The average molecular weight is 916 g/mol. The number of benzene rings is 6. The molecule has 0 unspecified atom stereocenters. The lowest BCUT2D eigenvalue weighted by Gasteiger charge is -2.09. The second-order valence-corrected chi connectivity index (χ2v) is 27.4. The molecule has 6 aromatic carbocycles. The summed E-state index contributed by atoms with van der Waals surface area (Å²) in [5.74, 6) is 0. The van der Waals surface area contributed by atoms with E-state index < -0.39 is 0 Å². The van der Waals surface area contributed by atoms with Crippen LogP contribution in [0.3, 0.4) is 0 Å². The van der Waals surface area contributed by atoms with Crippen LogP contribution in [0.15, 0.2) is 144 Å². The molecule has 14 heteroatoms. The van der Waals surface area contributed by atoms with E-state index >= 15 is 0 Å². The van der Waals surface area contributed by atoms with Crippen molar-refractivity contribution >= 4 is 162 Å². The van der Waals surface area contributed by atoms with Gasteiger partial charge in [0.15, 0.2) is 0 Å². The van der Waals surface area contributed by atoms with Crippen LogP contribution < -0.4 is 0 Å². The van der Waals surface area contributed by atoms with E-state index in [0.717, 1.165) is 10.2 Å². The van der Waals surface area contributed by atoms with Crippen LogP contribution >= 0.6 is 15.9 Å². The molecule has 250 valence electrons. The molecule has 0 aliphatic carbocycles. The molecule has 8 aromatic rings. The highest BCUT2D eigenvalue weighted by Gasteiger charge is 2.15. The first kappa shape index (κ1) is 36.2. The summed E-state index contributed by atoms with van der Waals surface area (Å²) in [4.78, 5) is 0. The van der Waals surface area contributed by atoms with E-state index in [2.05, 4.69) is 187 Å². The van der Waals surface area contributed by atoms with E-state index in [1.54, 1.807) is 62.2 Å². The lowest BCUT2D eigenvalue weighted by molar-refractivity contribution is 1.18. The summed E-state index contributed by atoms with van der Waals surface area (Å²) < 4.78 is 5.80. The molecule has 0 radical (unpaired) electrons. The van der Waals surface area contributed by atoms with Crippen molar-refractivity contribution in [1.29, 1.82) is 0 Å². The largest absolute Gasteiger partial charge is 0.309 e. The summed E-state index contributed by atoms with van der Waals surface area (Å²) in [6, 6.07) is 50.3. The van der Waals surface area contributed by atoms with Gasteiger partial charge in [0, 0.05) is 140 Å². The van der Waals surface area contributed by atoms with Crippen molar-refractivity contribution in [3.05, 3.63) is 144 Å². The highest BCUT2D eigenvalue weighted by Crippen LogP contribution is 2.38. The molecule has 50 heavy (non-hydrogen) atoms. The molecule has 0 bridgehead atoms. The van der Waals surface area contributed by atoms with Gasteiger partial charge in [-0.1, -0.05) is 88.7 Å². The third kappa shape index (κ3) is 7.92. The molecule has 8 rings (SSSR count). The minimum atomic E-state index is 1.07. The maximum atomic E-state index is 4.67. The SMILES string of the molecule is Brc1cccc(-n2c3ccccc3c3cc(-c4ccc5c(c4)c4ccccc4n5-c4ccccc4)ccc32)c1.S=S=S=S=S=S=S=S=S=S=S. The Hall–Kier alpha value is -2.18. The van der Waals surface area contributed by atoms with Crippen molar-refractivity contribution in [2.45, 2.75) is 0 Å². The first-order chi connectivity index (χ1) is 24.7. The third-order valence-corrected chi connectivity index (χ3v) is 26.3. The number of hydrogen-bond donors (Lipinski definition) is 0. The van der Waals surface area contributed by atoms with Crippen LogP contribution in [-0.2, 0) is 102 Å². The van der Waals surface area contributed by atoms with Crippen molar-refractivity contribution in [3.63, 3.8) is 0 Å². The monoisotopic (exact) mass is 914 g/mol. The molecule has 2 heterocycles. The zero-order chi connectivity index (χ0) is 34.3. The van der Waals surface area contributed by atoms with Gasteiger partial charge in [-0.2, -0.15) is 0 Å². The quantitative estimate of drug-likeness (QED) is 0.175. The Morgan fingerprint density at radius 2 is 0.820 bits per heavy atom. The average Bonchev–Trinajstić information content (AvgIpc) is 3.67. The zero-order valence-corrected chi connectivity index (χ0v) is 36.1. The fourth-order valence-corrected chi connectivity index (χ4v) is 25.7. The van der Waals surface area contributed by atoms with Gasteiger partial charge in [0.1, 0.15) is 0 Å². The van der Waals surface area contributed by atoms with E-state index in [1.807, 2.05) is 0 Å². The fourth-order valence-electron chi connectivity index (χ4n) is 6.13. The van der Waals surface area contributed by atoms with Crippen LogP contribution in [0.1, 0.15) is 0 Å². The second kappa shape index (κ2) is 17.6. The third-order valence-electron chi connectivity index (χ3n) is 7.98. The summed E-state index contributed by atoms with van der Waals surface area (Å²) in [7, 11) is 14.5. The van der Waals surface area contributed by atoms with Gasteiger partial charge in [0.2, 0.25) is 0 Å². The molecule has 0 N–H and O–H groups in total. The topological polar surface area (TPSA) is 9.86 Å². The van der Waals surface area contributed by atoms with Gasteiger partial charge in [-0.15, -0.1) is 0 Å². The van der Waals surface area contributed by atoms with Crippen molar-refractivity contribution in [3.8, 4) is 22.5 Å². The Labute approximate surface area is 333 Å². The maximum Gasteiger partial charge on any atom is 0.0541 e. The van der Waals surface area contributed by atoms with E-state index in [4.69, 9.17) is 0 Å². The molecule has 0 spiro atoms. The Morgan fingerprint density at radius 1 is 0.380 bits per heavy atom. The molecule has 2 nitrogen and oxygen atoms in total. The van der Waals surface area contributed by atoms with Gasteiger partial charge in [0.05, 0.1) is 22.1 Å². The van der Waals surface area contributed by atoms with E-state index in [1.165, 1.54) is 78.2 Å². The maximum absolute atomic E-state index is 4.67. The van der Waals surface area contributed by atoms with Gasteiger partial charge in [-0.25, -0.2) is 0 Å². The molecular formula is C36H23BrN2S11. The molecule has 2 aromatic heterocycles. The smallest absolute Gasteiger partial charge is 0.0541 e. The minimum Gasteiger partial charge on any atom is -0.309 e. The normalized spacial score (nSPS) is 10.7. The van der Waals surface area contributed by atoms with Gasteiger partial charge in [0.25, 0.3) is 0 Å². The van der Waals surface area contributed by atoms with Crippen LogP contribution in [0.2, 0.25) is 0 Å². The molecule has 0 fully saturated rings. The Bertz CT molecular complexity index is 2930. The van der Waals surface area contributed by atoms with Gasteiger partial charge in [-0.05, 0) is 77.9 Å². The molecule has 0 atom stereocenters. The van der Waals surface area contributed by atoms with Crippen LogP contribution in [0.25, 0.3) is 66.1 Å². The second-order valence-electron chi connectivity index (χ2n) is 10.6. The molecular weight excluding hydrogens is 893 g/mol. The lowest BCUT2D eigenvalue weighted by atomic mass is 10.0. The summed E-state index contributed by atoms with van der Waals surface area (Å²) in [5, 5.41) is 5.06. The predicted molar refractivity (Wildman–Crippen MR) is 249 cm³/mol. The zero-order valence-electron chi connectivity index (χ0n) is 25.5. The molecule has 0 aliphatic rings. The van der Waals surface area contributed by atoms with Crippen molar-refractivity contribution in [2.24, 2.45) is 0 Å². The number of hydrogen-bond acceptors (Lipinski definition) is 2. The number of nitrogens with zero attached hydrogens (tertiary/aromatic N) is 2. The van der Waals surface area contributed by atoms with Crippen LogP contribution in [-0.4, -0.2) is 9.13 Å². The van der Waals surface area contributed by atoms with Gasteiger partial charge >= 0.3 is 0 Å². The standard InChI is InChI=1S/C36H23BrN2.S11/c37-26-9-8-12-28(23-26)39-34-16-7-5-14-30(34)32-22-25(18-20-36(32)39)24-17-19-35-31(21-24)29-13-4-6-15-33(29)38(35)27-10-2-1-3-11-27;1-3-5-7-9-11-10-8-6-4-2/h1-23H;. The van der Waals surface area contributed by atoms with Gasteiger partial charge < -0.3 is 9.13 Å². The van der Waals surface area contributed by atoms with Crippen LogP contribution in [0.5, 0.6) is 0 Å². The Morgan fingerprint density at radius 3 is 1.34 bits per heavy atom. The van der Waals surface area contributed by atoms with Crippen molar-refractivity contribution in [1.82, 2.24) is 9.13 Å². The lowest BCUT2D eigenvalue weighted by Crippen LogP contribution is -1.93. The van der Waals surface area contributed by atoms with Crippen molar-refractivity contribution in [2.75, 3.05) is 0 Å². The summed E-state index contributed by atoms with van der Waals surface area (Å²) in [6.45, 7) is 0. The minimum absolute atomic E-state index is 1.07. The summed E-state index contributed by atoms with van der Waals surface area (Å²) in [6.07, 6.45) is 0. The predicted octanol–water partition coefficient (Wildman–Crippen LogP) is 10.3. The highest BCUT2D eigenvalue weighted by atomic mass is 79.9. The Balaban J connectivity index is 0.000000311. The number of halogens is 1. The summed E-state index contributed by atoms with van der Waals surface area (Å²) in [5.41, 5.74) is 9.64. The van der Waals surface area contributed by atoms with E-state index in [9.17, 15) is 0 Å². The van der Waals surface area contributed by atoms with Crippen LogP contribution in [0.4, 0.5) is 0 Å². The highest BCUT2D eigenvalue weighted by molar-refractivity contribution is 9.10. The molecule has 0 aliphatic heterocycles. The summed E-state index contributed by atoms with van der Waals surface area (Å²) >= 11 is 13.0. The molecule has 0 saturated heterocycles. The van der Waals surface area contributed by atoms with E-state index in [-0.39, 0.29) is 0 Å². The first-order valence-electron chi connectivity index (χ1n) is 14.8. The Kier molecular flexibility index (Phi) is 12.7. The molecule has 0 saturated carbocycles. The number of rotatable bonds is 3. The van der Waals surface area contributed by atoms with E-state index in [0.29, 0.717) is 0 Å². The first-order valence-corrected chi connectivity index (χ1v) is 28.9. The van der Waals surface area contributed by atoms with Gasteiger partial charge in [-0.3, -0.25) is 0 Å². The number of para-hydroxylation sites is 3.